The molecule has 3 aromatic rings. The molecule has 0 aliphatic heterocycles. The lowest BCUT2D eigenvalue weighted by Crippen LogP contribution is -2.24. The van der Waals surface area contributed by atoms with Crippen molar-refractivity contribution in [3.63, 3.8) is 0 Å². The van der Waals surface area contributed by atoms with E-state index in [0.717, 1.165) is 11.3 Å². The van der Waals surface area contributed by atoms with Crippen molar-refractivity contribution < 1.29 is 18.4 Å². The van der Waals surface area contributed by atoms with Gasteiger partial charge in [0.2, 0.25) is 11.0 Å². The number of nitrogens with one attached hydrogen (secondary N) is 3. The van der Waals surface area contributed by atoms with Gasteiger partial charge in [0.05, 0.1) is 18.6 Å². The minimum Gasteiger partial charge on any atom is -0.467 e. The van der Waals surface area contributed by atoms with E-state index < -0.39 is 6.03 Å². The lowest BCUT2D eigenvalue weighted by Gasteiger charge is -2.04. The molecule has 3 amide bonds. The highest BCUT2D eigenvalue weighted by Crippen LogP contribution is 2.25. The number of halogens is 1. The third kappa shape index (κ3) is 6.08. The van der Waals surface area contributed by atoms with Gasteiger partial charge in [-0.2, -0.15) is 0 Å². The van der Waals surface area contributed by atoms with Gasteiger partial charge < -0.3 is 15.1 Å². The van der Waals surface area contributed by atoms with Gasteiger partial charge in [0.15, 0.2) is 4.34 Å². The summed E-state index contributed by atoms with van der Waals surface area (Å²) in [6.45, 7) is 0.318. The lowest BCUT2D eigenvalue weighted by molar-refractivity contribution is -0.118. The van der Waals surface area contributed by atoms with Crippen molar-refractivity contribution in [1.29, 1.82) is 0 Å². The minimum absolute atomic E-state index is 0.164. The first kappa shape index (κ1) is 18.9. The maximum Gasteiger partial charge on any atom is 0.325 e. The molecule has 0 fully saturated rings. The molecular formula is C16H14FN5O3S2. The number of benzene rings is 1. The Balaban J connectivity index is 1.41. The number of amides is 3. The van der Waals surface area contributed by atoms with Crippen molar-refractivity contribution in [3.05, 3.63) is 54.2 Å². The summed E-state index contributed by atoms with van der Waals surface area (Å²) in [7, 11) is 0. The zero-order valence-electron chi connectivity index (χ0n) is 13.8. The summed E-state index contributed by atoms with van der Waals surface area (Å²) in [6, 6.07) is 8.37. The molecule has 0 aliphatic rings. The molecular weight excluding hydrogens is 393 g/mol. The number of anilines is 2. The molecule has 27 heavy (non-hydrogen) atoms. The second-order valence-electron chi connectivity index (χ2n) is 5.10. The molecule has 2 heterocycles. The van der Waals surface area contributed by atoms with Crippen LogP contribution in [0.2, 0.25) is 0 Å². The number of furan rings is 1. The van der Waals surface area contributed by atoms with Crippen molar-refractivity contribution in [1.82, 2.24) is 15.5 Å². The molecule has 2 aromatic heterocycles. The van der Waals surface area contributed by atoms with Crippen LogP contribution in [0, 0.1) is 5.82 Å². The molecule has 0 atom stereocenters. The van der Waals surface area contributed by atoms with Gasteiger partial charge in [0, 0.05) is 5.69 Å². The average molecular weight is 407 g/mol. The number of hydrogen-bond donors (Lipinski definition) is 3. The van der Waals surface area contributed by atoms with E-state index in [2.05, 4.69) is 26.1 Å². The molecule has 1 aromatic carbocycles. The van der Waals surface area contributed by atoms with Gasteiger partial charge in [-0.1, -0.05) is 23.1 Å². The van der Waals surface area contributed by atoms with Gasteiger partial charge in [-0.05, 0) is 36.4 Å². The van der Waals surface area contributed by atoms with Gasteiger partial charge >= 0.3 is 6.03 Å². The van der Waals surface area contributed by atoms with E-state index in [1.807, 2.05) is 0 Å². The smallest absolute Gasteiger partial charge is 0.325 e. The van der Waals surface area contributed by atoms with Gasteiger partial charge in [-0.15, -0.1) is 10.2 Å². The summed E-state index contributed by atoms with van der Waals surface area (Å²) in [5.41, 5.74) is 0.446. The summed E-state index contributed by atoms with van der Waals surface area (Å²) in [4.78, 5) is 23.7. The molecule has 0 aliphatic carbocycles. The highest BCUT2D eigenvalue weighted by Gasteiger charge is 2.11. The normalized spacial score (nSPS) is 10.4. The van der Waals surface area contributed by atoms with E-state index in [9.17, 15) is 14.0 Å². The fourth-order valence-corrected chi connectivity index (χ4v) is 3.47. The molecule has 0 bridgehead atoms. The van der Waals surface area contributed by atoms with Gasteiger partial charge in [-0.25, -0.2) is 9.18 Å². The van der Waals surface area contributed by atoms with Crippen LogP contribution in [0.25, 0.3) is 0 Å². The molecule has 3 rings (SSSR count). The van der Waals surface area contributed by atoms with E-state index in [0.29, 0.717) is 22.3 Å². The predicted octanol–water partition coefficient (Wildman–Crippen LogP) is 3.32. The Kier molecular flexibility index (Phi) is 6.39. The Labute approximate surface area is 161 Å². The zero-order valence-corrected chi connectivity index (χ0v) is 15.4. The fraction of sp³-hybridized carbons (Fsp3) is 0.125. The molecule has 0 radical (unpaired) electrons. The van der Waals surface area contributed by atoms with E-state index in [1.54, 1.807) is 12.1 Å². The topological polar surface area (TPSA) is 109 Å². The maximum absolute atomic E-state index is 12.8. The maximum atomic E-state index is 12.8. The monoisotopic (exact) mass is 407 g/mol. The van der Waals surface area contributed by atoms with Crippen LogP contribution in [0.5, 0.6) is 0 Å². The SMILES string of the molecule is O=C(CSc1nnc(NC(=O)Nc2ccc(F)cc2)s1)NCc1ccco1. The van der Waals surface area contributed by atoms with Crippen LogP contribution < -0.4 is 16.0 Å². The highest BCUT2D eigenvalue weighted by atomic mass is 32.2. The molecule has 8 nitrogen and oxygen atoms in total. The first-order chi connectivity index (χ1) is 13.1. The van der Waals surface area contributed by atoms with E-state index in [-0.39, 0.29) is 22.6 Å². The molecule has 140 valence electrons. The van der Waals surface area contributed by atoms with Gasteiger partial charge in [0.25, 0.3) is 0 Å². The number of aromatic nitrogens is 2. The number of carbonyl (C=O) groups excluding carboxylic acids is 2. The first-order valence-electron chi connectivity index (χ1n) is 7.67. The van der Waals surface area contributed by atoms with Crippen LogP contribution in [-0.2, 0) is 11.3 Å². The van der Waals surface area contributed by atoms with Crippen molar-refractivity contribution in [2.75, 3.05) is 16.4 Å². The number of thioether (sulfide) groups is 1. The fourth-order valence-electron chi connectivity index (χ4n) is 1.89. The number of nitrogens with zero attached hydrogens (tertiary/aromatic N) is 2. The molecule has 0 saturated heterocycles. The van der Waals surface area contributed by atoms with Gasteiger partial charge in [-0.3, -0.25) is 10.1 Å². The Morgan fingerprint density at radius 1 is 1.15 bits per heavy atom. The first-order valence-corrected chi connectivity index (χ1v) is 9.47. The summed E-state index contributed by atoms with van der Waals surface area (Å²) in [6.07, 6.45) is 1.54. The third-order valence-corrected chi connectivity index (χ3v) is 5.07. The Hall–Kier alpha value is -2.92. The summed E-state index contributed by atoms with van der Waals surface area (Å²) >= 11 is 2.35. The van der Waals surface area contributed by atoms with Crippen LogP contribution >= 0.6 is 23.1 Å². The largest absolute Gasteiger partial charge is 0.467 e. The van der Waals surface area contributed by atoms with Gasteiger partial charge in [0.1, 0.15) is 11.6 Å². The minimum atomic E-state index is -0.523. The second kappa shape index (κ2) is 9.14. The quantitative estimate of drug-likeness (QED) is 0.409. The lowest BCUT2D eigenvalue weighted by atomic mass is 10.3. The molecule has 0 saturated carbocycles. The van der Waals surface area contributed by atoms with Crippen molar-refractivity contribution >= 4 is 45.9 Å². The van der Waals surface area contributed by atoms with Crippen molar-refractivity contribution in [2.45, 2.75) is 10.9 Å². The summed E-state index contributed by atoms with van der Waals surface area (Å²) in [5.74, 6) is 0.273. The van der Waals surface area contributed by atoms with Crippen LogP contribution in [-0.4, -0.2) is 27.9 Å². The predicted molar refractivity (Wildman–Crippen MR) is 100 cm³/mol. The molecule has 3 N–H and O–H groups in total. The van der Waals surface area contributed by atoms with Crippen molar-refractivity contribution in [2.24, 2.45) is 0 Å². The number of urea groups is 1. The Morgan fingerprint density at radius 3 is 2.70 bits per heavy atom. The third-order valence-electron chi connectivity index (χ3n) is 3.10. The molecule has 0 spiro atoms. The molecule has 11 heteroatoms. The van der Waals surface area contributed by atoms with E-state index in [1.165, 1.54) is 42.3 Å². The zero-order chi connectivity index (χ0) is 19.1. The van der Waals surface area contributed by atoms with Crippen LogP contribution in [0.3, 0.4) is 0 Å². The summed E-state index contributed by atoms with van der Waals surface area (Å²) < 4.78 is 18.5. The van der Waals surface area contributed by atoms with Crippen LogP contribution in [0.4, 0.5) is 20.0 Å². The average Bonchev–Trinajstić information content (AvgIpc) is 3.32. The molecule has 0 unspecified atom stereocenters. The van der Waals surface area contributed by atoms with Crippen molar-refractivity contribution in [3.8, 4) is 0 Å². The second-order valence-corrected chi connectivity index (χ2v) is 7.30. The number of rotatable bonds is 7. The van der Waals surface area contributed by atoms with Crippen LogP contribution in [0.15, 0.2) is 51.4 Å². The Bertz CT molecular complexity index is 899. The van der Waals surface area contributed by atoms with E-state index in [4.69, 9.17) is 4.42 Å². The highest BCUT2D eigenvalue weighted by molar-refractivity contribution is 8.01. The number of carbonyl (C=O) groups is 2. The van der Waals surface area contributed by atoms with E-state index >= 15 is 0 Å². The van der Waals surface area contributed by atoms with Crippen LogP contribution in [0.1, 0.15) is 5.76 Å². The number of hydrogen-bond acceptors (Lipinski definition) is 7. The Morgan fingerprint density at radius 2 is 1.96 bits per heavy atom. The summed E-state index contributed by atoms with van der Waals surface area (Å²) in [5, 5.41) is 15.8. The standard InChI is InChI=1S/C16H14FN5O3S2/c17-10-3-5-11(6-4-10)19-14(24)20-15-21-22-16(27-15)26-9-13(23)18-8-12-2-1-7-25-12/h1-7H,8-9H2,(H,18,23)(H2,19,20,21,24).